The molecule has 2 N–H and O–H groups in total. The van der Waals surface area contributed by atoms with Crippen LogP contribution < -0.4 is 18.9 Å². The summed E-state index contributed by atoms with van der Waals surface area (Å²) in [6.07, 6.45) is 2.44. The molecule has 216 valence electrons. The summed E-state index contributed by atoms with van der Waals surface area (Å²) in [5, 5.41) is -0.640. The van der Waals surface area contributed by atoms with Crippen LogP contribution in [0.15, 0.2) is 107 Å². The van der Waals surface area contributed by atoms with E-state index in [1.54, 1.807) is 60.7 Å². The SMILES string of the molecule is O=S(=O)(O)c1cc(OC(=S)Oc2ccccc2)ccc1C=Cc1ccc(OC(=S)Oc2ccccc2)cc1S(=O)(=O)O. The van der Waals surface area contributed by atoms with Crippen LogP contribution >= 0.6 is 24.4 Å². The number of benzene rings is 4. The van der Waals surface area contributed by atoms with Gasteiger partial charge < -0.3 is 18.9 Å². The Morgan fingerprint density at radius 3 is 1.19 bits per heavy atom. The Labute approximate surface area is 252 Å². The van der Waals surface area contributed by atoms with Crippen LogP contribution in [-0.2, 0) is 20.2 Å². The monoisotopic (exact) mass is 644 g/mol. The highest BCUT2D eigenvalue weighted by Gasteiger charge is 2.19. The molecule has 0 saturated heterocycles. The summed E-state index contributed by atoms with van der Waals surface area (Å²) in [4.78, 5) is -1.12. The predicted octanol–water partition coefficient (Wildman–Crippen LogP) is 5.84. The Balaban J connectivity index is 1.57. The molecule has 0 aromatic heterocycles. The smallest absolute Gasteiger partial charge is 0.363 e. The Morgan fingerprint density at radius 2 is 0.857 bits per heavy atom. The van der Waals surface area contributed by atoms with E-state index in [1.165, 1.54) is 36.4 Å². The zero-order chi connectivity index (χ0) is 30.3. The third-order valence-corrected chi connectivity index (χ3v) is 7.41. The predicted molar refractivity (Wildman–Crippen MR) is 162 cm³/mol. The first-order chi connectivity index (χ1) is 19.9. The van der Waals surface area contributed by atoms with Gasteiger partial charge in [-0.3, -0.25) is 9.11 Å². The van der Waals surface area contributed by atoms with Crippen molar-refractivity contribution in [2.75, 3.05) is 0 Å². The lowest BCUT2D eigenvalue weighted by molar-refractivity contribution is 0.402. The minimum Gasteiger partial charge on any atom is -0.417 e. The second-order valence-electron chi connectivity index (χ2n) is 8.22. The molecule has 0 radical (unpaired) electrons. The van der Waals surface area contributed by atoms with E-state index in [0.717, 1.165) is 12.1 Å². The van der Waals surface area contributed by atoms with Gasteiger partial charge in [-0.25, -0.2) is 0 Å². The van der Waals surface area contributed by atoms with Crippen molar-refractivity contribution >= 4 is 67.3 Å². The average molecular weight is 645 g/mol. The van der Waals surface area contributed by atoms with E-state index < -0.39 is 30.0 Å². The Kier molecular flexibility index (Phi) is 9.67. The summed E-state index contributed by atoms with van der Waals surface area (Å²) in [6, 6.07) is 24.3. The normalized spacial score (nSPS) is 11.6. The van der Waals surface area contributed by atoms with Crippen molar-refractivity contribution in [1.82, 2.24) is 0 Å². The van der Waals surface area contributed by atoms with Crippen LogP contribution in [0, 0.1) is 0 Å². The van der Waals surface area contributed by atoms with Crippen molar-refractivity contribution in [3.05, 3.63) is 108 Å². The fourth-order valence-electron chi connectivity index (χ4n) is 3.46. The number of para-hydroxylation sites is 2. The quantitative estimate of drug-likeness (QED) is 0.135. The van der Waals surface area contributed by atoms with Crippen molar-refractivity contribution in [2.24, 2.45) is 0 Å². The van der Waals surface area contributed by atoms with Gasteiger partial charge in [0, 0.05) is 36.6 Å². The molecule has 0 atom stereocenters. The van der Waals surface area contributed by atoms with Gasteiger partial charge in [0.2, 0.25) is 0 Å². The minimum absolute atomic E-state index is 0.0289. The van der Waals surface area contributed by atoms with E-state index >= 15 is 0 Å². The molecule has 42 heavy (non-hydrogen) atoms. The maximum absolute atomic E-state index is 12.1. The lowest BCUT2D eigenvalue weighted by atomic mass is 10.1. The molecule has 0 unspecified atom stereocenters. The number of ether oxygens (including phenoxy) is 4. The van der Waals surface area contributed by atoms with Crippen LogP contribution in [0.4, 0.5) is 0 Å². The van der Waals surface area contributed by atoms with Crippen LogP contribution in [0.2, 0.25) is 0 Å². The summed E-state index contributed by atoms with van der Waals surface area (Å²) >= 11 is 10.1. The fourth-order valence-corrected chi connectivity index (χ4v) is 5.24. The zero-order valence-corrected chi connectivity index (χ0v) is 24.5. The molecule has 4 rings (SSSR count). The van der Waals surface area contributed by atoms with Gasteiger partial charge in [0.15, 0.2) is 0 Å². The Bertz CT molecular complexity index is 1720. The first-order valence-electron chi connectivity index (χ1n) is 11.7. The van der Waals surface area contributed by atoms with E-state index in [1.807, 2.05) is 0 Å². The van der Waals surface area contributed by atoms with Gasteiger partial charge in [0.05, 0.1) is 0 Å². The fraction of sp³-hybridized carbons (Fsp3) is 0. The third kappa shape index (κ3) is 8.66. The van der Waals surface area contributed by atoms with Crippen molar-refractivity contribution in [3.8, 4) is 23.0 Å². The maximum Gasteiger partial charge on any atom is 0.363 e. The number of hydrogen-bond donors (Lipinski definition) is 2. The second-order valence-corrected chi connectivity index (χ2v) is 11.7. The van der Waals surface area contributed by atoms with E-state index in [0.29, 0.717) is 11.5 Å². The number of rotatable bonds is 8. The largest absolute Gasteiger partial charge is 0.417 e. The molecule has 0 bridgehead atoms. The molecule has 0 spiro atoms. The van der Waals surface area contributed by atoms with Crippen molar-refractivity contribution in [2.45, 2.75) is 9.79 Å². The van der Waals surface area contributed by atoms with Crippen molar-refractivity contribution < 1.29 is 44.9 Å². The molecule has 0 aliphatic carbocycles. The van der Waals surface area contributed by atoms with E-state index in [2.05, 4.69) is 0 Å². The van der Waals surface area contributed by atoms with E-state index in [4.69, 9.17) is 43.4 Å². The van der Waals surface area contributed by atoms with Gasteiger partial charge >= 0.3 is 10.5 Å². The summed E-state index contributed by atoms with van der Waals surface area (Å²) < 4.78 is 89.6. The average Bonchev–Trinajstić information content (AvgIpc) is 2.92. The molecule has 10 nitrogen and oxygen atoms in total. The molecule has 0 heterocycles. The molecule has 4 aromatic carbocycles. The molecular formula is C28H20O10S4. The van der Waals surface area contributed by atoms with Gasteiger partial charge in [-0.15, -0.1) is 0 Å². The number of hydrogen-bond acceptors (Lipinski definition) is 10. The third-order valence-electron chi connectivity index (χ3n) is 5.26. The summed E-state index contributed by atoms with van der Waals surface area (Å²) in [5.74, 6) is 0.700. The van der Waals surface area contributed by atoms with Crippen LogP contribution in [-0.4, -0.2) is 36.4 Å². The summed E-state index contributed by atoms with van der Waals surface area (Å²) in [5.41, 5.74) is -0.0578. The van der Waals surface area contributed by atoms with Crippen molar-refractivity contribution in [3.63, 3.8) is 0 Å². The van der Waals surface area contributed by atoms with Crippen molar-refractivity contribution in [1.29, 1.82) is 0 Å². The van der Waals surface area contributed by atoms with Gasteiger partial charge in [-0.2, -0.15) is 16.8 Å². The van der Waals surface area contributed by atoms with Gasteiger partial charge in [-0.05, 0) is 59.7 Å². The first kappa shape index (κ1) is 30.8. The second kappa shape index (κ2) is 13.2. The highest BCUT2D eigenvalue weighted by atomic mass is 32.2. The molecule has 0 fully saturated rings. The maximum atomic E-state index is 12.1. The van der Waals surface area contributed by atoms with Crippen LogP contribution in [0.1, 0.15) is 11.1 Å². The standard InChI is InChI=1S/C28H20O10S4/c29-41(30,31)25-17-23(37-27(39)35-21-7-3-1-4-8-21)15-13-19(25)11-12-20-14-16-24(18-26(20)42(32,33)34)38-28(40)36-22-9-5-2-6-10-22/h1-18H,(H,29,30,31)(H,32,33,34). The minimum atomic E-state index is -4.77. The first-order valence-corrected chi connectivity index (χ1v) is 15.4. The zero-order valence-electron chi connectivity index (χ0n) is 21.2. The topological polar surface area (TPSA) is 146 Å². The molecule has 0 aliphatic heterocycles. The Morgan fingerprint density at radius 1 is 0.524 bits per heavy atom. The van der Waals surface area contributed by atoms with Crippen LogP contribution in [0.3, 0.4) is 0 Å². The Hall–Kier alpha value is -4.18. The highest BCUT2D eigenvalue weighted by molar-refractivity contribution is 7.86. The summed E-state index contributed by atoms with van der Waals surface area (Å²) in [7, 11) is -9.54. The molecule has 14 heteroatoms. The van der Waals surface area contributed by atoms with Crippen LogP contribution in [0.5, 0.6) is 23.0 Å². The van der Waals surface area contributed by atoms with E-state index in [-0.39, 0.29) is 33.1 Å². The van der Waals surface area contributed by atoms with Crippen LogP contribution in [0.25, 0.3) is 12.2 Å². The lowest BCUT2D eigenvalue weighted by Gasteiger charge is -2.11. The molecule has 0 aliphatic rings. The highest BCUT2D eigenvalue weighted by Crippen LogP contribution is 2.28. The van der Waals surface area contributed by atoms with Gasteiger partial charge in [0.1, 0.15) is 32.8 Å². The van der Waals surface area contributed by atoms with Gasteiger partial charge in [-0.1, -0.05) is 48.6 Å². The van der Waals surface area contributed by atoms with E-state index in [9.17, 15) is 25.9 Å². The lowest BCUT2D eigenvalue weighted by Crippen LogP contribution is -2.14. The molecule has 0 saturated carbocycles. The number of thiocarbonyl (C=S) groups is 2. The molecule has 0 amide bonds. The molecular weight excluding hydrogens is 625 g/mol. The molecule has 4 aromatic rings. The summed E-state index contributed by atoms with van der Waals surface area (Å²) in [6.45, 7) is 0. The van der Waals surface area contributed by atoms with Gasteiger partial charge in [0.25, 0.3) is 20.2 Å².